The zero-order valence-electron chi connectivity index (χ0n) is 19.1. The zero-order valence-corrected chi connectivity index (χ0v) is 19.9. The largest absolute Gasteiger partial charge is 0.496 e. The van der Waals surface area contributed by atoms with Crippen molar-refractivity contribution in [2.45, 2.75) is 31.3 Å². The summed E-state index contributed by atoms with van der Waals surface area (Å²) in [5.41, 5.74) is 0.0233. The van der Waals surface area contributed by atoms with Gasteiger partial charge in [-0.3, -0.25) is 14.5 Å². The van der Waals surface area contributed by atoms with Crippen LogP contribution in [0, 0.1) is 0 Å². The van der Waals surface area contributed by atoms with Crippen molar-refractivity contribution in [3.8, 4) is 5.75 Å². The maximum atomic E-state index is 13.4. The highest BCUT2D eigenvalue weighted by molar-refractivity contribution is 7.91. The molecule has 0 aromatic heterocycles. The smallest absolute Gasteiger partial charge is 0.325 e. The number of rotatable bonds is 7. The third-order valence-corrected chi connectivity index (χ3v) is 8.00. The Morgan fingerprint density at radius 1 is 1.15 bits per heavy atom. The highest BCUT2D eigenvalue weighted by Crippen LogP contribution is 2.29. The van der Waals surface area contributed by atoms with E-state index in [0.29, 0.717) is 17.9 Å². The van der Waals surface area contributed by atoms with Crippen LogP contribution in [0.5, 0.6) is 5.75 Å². The number of anilines is 1. The summed E-state index contributed by atoms with van der Waals surface area (Å²) >= 11 is 0. The lowest BCUT2D eigenvalue weighted by Gasteiger charge is -2.30. The van der Waals surface area contributed by atoms with Gasteiger partial charge in [0.15, 0.2) is 9.84 Å². The predicted molar refractivity (Wildman–Crippen MR) is 126 cm³/mol. The lowest BCUT2D eigenvalue weighted by atomic mass is 9.92. The number of benzene rings is 2. The zero-order chi connectivity index (χ0) is 24.5. The number of nitrogens with one attached hydrogen (secondary N) is 1. The number of carbonyl (C=O) groups is 3. The third-order valence-electron chi connectivity index (χ3n) is 6.25. The van der Waals surface area contributed by atoms with Crippen LogP contribution in [-0.4, -0.2) is 67.9 Å². The second-order valence-corrected chi connectivity index (χ2v) is 11.0. The quantitative estimate of drug-likeness (QED) is 0.598. The molecular weight excluding hydrogens is 458 g/mol. The molecule has 2 aromatic rings. The van der Waals surface area contributed by atoms with E-state index in [4.69, 9.17) is 4.74 Å². The summed E-state index contributed by atoms with van der Waals surface area (Å²) in [6.45, 7) is 1.13. The summed E-state index contributed by atoms with van der Waals surface area (Å²) in [5, 5.41) is 2.71. The molecule has 0 aliphatic carbocycles. The molecule has 2 heterocycles. The van der Waals surface area contributed by atoms with Crippen molar-refractivity contribution >= 4 is 33.4 Å². The summed E-state index contributed by atoms with van der Waals surface area (Å²) in [5.74, 6) is -0.603. The molecule has 0 radical (unpaired) electrons. The van der Waals surface area contributed by atoms with Crippen molar-refractivity contribution in [3.05, 3.63) is 60.2 Å². The van der Waals surface area contributed by atoms with Crippen molar-refractivity contribution in [1.29, 1.82) is 0 Å². The predicted octanol–water partition coefficient (Wildman–Crippen LogP) is 1.77. The summed E-state index contributed by atoms with van der Waals surface area (Å²) in [6, 6.07) is 14.7. The average Bonchev–Trinajstić information content (AvgIpc) is 3.26. The highest BCUT2D eigenvalue weighted by atomic mass is 32.2. The number of ether oxygens (including phenoxy) is 1. The molecule has 2 fully saturated rings. The van der Waals surface area contributed by atoms with E-state index >= 15 is 0 Å². The number of carbonyl (C=O) groups excluding carboxylic acids is 3. The van der Waals surface area contributed by atoms with Gasteiger partial charge in [0, 0.05) is 12.1 Å². The van der Waals surface area contributed by atoms with Crippen LogP contribution in [0.4, 0.5) is 10.5 Å². The maximum absolute atomic E-state index is 13.4. The van der Waals surface area contributed by atoms with Crippen LogP contribution >= 0.6 is 0 Å². The van der Waals surface area contributed by atoms with E-state index in [1.807, 2.05) is 18.2 Å². The molecule has 0 unspecified atom stereocenters. The SMILES string of the molecule is COc1ccccc1C[C@]1(C)NC(=O)N(CC(=O)N(c2ccccc2)[C@@H]2CCS(=O)(=O)C2)C1=O. The van der Waals surface area contributed by atoms with Crippen LogP contribution in [0.3, 0.4) is 0 Å². The van der Waals surface area contributed by atoms with E-state index in [9.17, 15) is 22.8 Å². The fourth-order valence-electron chi connectivity index (χ4n) is 4.58. The average molecular weight is 486 g/mol. The highest BCUT2D eigenvalue weighted by Gasteiger charge is 2.49. The Balaban J connectivity index is 1.56. The Bertz CT molecular complexity index is 1220. The van der Waals surface area contributed by atoms with Crippen molar-refractivity contribution in [2.24, 2.45) is 0 Å². The van der Waals surface area contributed by atoms with Crippen molar-refractivity contribution < 1.29 is 27.5 Å². The Morgan fingerprint density at radius 3 is 2.47 bits per heavy atom. The normalized spacial score (nSPS) is 23.6. The number of methoxy groups -OCH3 is 1. The minimum atomic E-state index is -3.26. The van der Waals surface area contributed by atoms with Crippen LogP contribution < -0.4 is 15.0 Å². The third kappa shape index (κ3) is 4.63. The lowest BCUT2D eigenvalue weighted by Crippen LogP contribution is -2.49. The van der Waals surface area contributed by atoms with Crippen LogP contribution in [0.15, 0.2) is 54.6 Å². The molecule has 0 bridgehead atoms. The minimum absolute atomic E-state index is 0.00556. The standard InChI is InChI=1S/C24H27N3O6S/c1-24(14-17-8-6-7-11-20(17)33-2)22(29)26(23(30)25-24)15-21(28)27(18-9-4-3-5-10-18)19-12-13-34(31,32)16-19/h3-11,19H,12-16H2,1-2H3,(H,25,30)/t19-,24+/m1/s1. The first kappa shape index (κ1) is 23.7. The summed E-state index contributed by atoms with van der Waals surface area (Å²) in [7, 11) is -1.73. The molecule has 34 heavy (non-hydrogen) atoms. The van der Waals surface area contributed by atoms with E-state index < -0.39 is 45.8 Å². The van der Waals surface area contributed by atoms with Crippen molar-refractivity contribution in [1.82, 2.24) is 10.2 Å². The van der Waals surface area contributed by atoms with Gasteiger partial charge in [0.25, 0.3) is 5.91 Å². The Hall–Kier alpha value is -3.40. The van der Waals surface area contributed by atoms with Crippen molar-refractivity contribution in [3.63, 3.8) is 0 Å². The molecule has 4 rings (SSSR count). The molecule has 2 aliphatic heterocycles. The van der Waals surface area contributed by atoms with Gasteiger partial charge < -0.3 is 15.0 Å². The molecule has 10 heteroatoms. The second kappa shape index (κ2) is 9.09. The van der Waals surface area contributed by atoms with Gasteiger partial charge in [-0.1, -0.05) is 36.4 Å². The van der Waals surface area contributed by atoms with Gasteiger partial charge in [-0.2, -0.15) is 0 Å². The fraction of sp³-hybridized carbons (Fsp3) is 0.375. The number of para-hydroxylation sites is 2. The first-order chi connectivity index (χ1) is 16.1. The van der Waals surface area contributed by atoms with Crippen LogP contribution in [0.25, 0.3) is 0 Å². The summed E-state index contributed by atoms with van der Waals surface area (Å²) < 4.78 is 29.5. The Labute approximate surface area is 198 Å². The molecule has 0 spiro atoms. The van der Waals surface area contributed by atoms with Crippen LogP contribution in [0.2, 0.25) is 0 Å². The van der Waals surface area contributed by atoms with Gasteiger partial charge in [-0.15, -0.1) is 0 Å². The first-order valence-corrected chi connectivity index (χ1v) is 12.8. The number of imide groups is 1. The number of sulfone groups is 1. The van der Waals surface area contributed by atoms with E-state index in [1.165, 1.54) is 12.0 Å². The topological polar surface area (TPSA) is 113 Å². The van der Waals surface area contributed by atoms with Gasteiger partial charge in [-0.25, -0.2) is 13.2 Å². The van der Waals surface area contributed by atoms with E-state index in [-0.39, 0.29) is 17.9 Å². The summed E-state index contributed by atoms with van der Waals surface area (Å²) in [4.78, 5) is 41.8. The molecule has 4 amide bonds. The molecule has 2 aromatic carbocycles. The maximum Gasteiger partial charge on any atom is 0.325 e. The fourth-order valence-corrected chi connectivity index (χ4v) is 6.28. The van der Waals surface area contributed by atoms with Gasteiger partial charge in [0.1, 0.15) is 17.8 Å². The molecular formula is C24H27N3O6S. The second-order valence-electron chi connectivity index (χ2n) is 8.80. The Kier molecular flexibility index (Phi) is 6.35. The number of hydrogen-bond donors (Lipinski definition) is 1. The molecule has 1 N–H and O–H groups in total. The number of hydrogen-bond acceptors (Lipinski definition) is 6. The molecule has 2 atom stereocenters. The van der Waals surface area contributed by atoms with Gasteiger partial charge >= 0.3 is 6.03 Å². The van der Waals surface area contributed by atoms with E-state index in [0.717, 1.165) is 10.5 Å². The van der Waals surface area contributed by atoms with Crippen molar-refractivity contribution in [2.75, 3.05) is 30.1 Å². The van der Waals surface area contributed by atoms with Gasteiger partial charge in [0.05, 0.1) is 24.7 Å². The van der Waals surface area contributed by atoms with Gasteiger partial charge in [-0.05, 0) is 37.1 Å². The number of nitrogens with zero attached hydrogens (tertiary/aromatic N) is 2. The molecule has 2 saturated heterocycles. The van der Waals surface area contributed by atoms with Crippen LogP contribution in [-0.2, 0) is 25.8 Å². The molecule has 9 nitrogen and oxygen atoms in total. The van der Waals surface area contributed by atoms with E-state index in [2.05, 4.69) is 5.32 Å². The minimum Gasteiger partial charge on any atom is -0.496 e. The van der Waals surface area contributed by atoms with Gasteiger partial charge in [0.2, 0.25) is 5.91 Å². The first-order valence-electron chi connectivity index (χ1n) is 11.0. The molecule has 2 aliphatic rings. The number of urea groups is 1. The Morgan fingerprint density at radius 2 is 1.82 bits per heavy atom. The monoisotopic (exact) mass is 485 g/mol. The molecule has 180 valence electrons. The summed E-state index contributed by atoms with van der Waals surface area (Å²) in [6.07, 6.45) is 0.490. The lowest BCUT2D eigenvalue weighted by molar-refractivity contribution is -0.134. The number of amides is 4. The molecule has 0 saturated carbocycles. The van der Waals surface area contributed by atoms with Crippen LogP contribution in [0.1, 0.15) is 18.9 Å². The van der Waals surface area contributed by atoms with E-state index in [1.54, 1.807) is 43.3 Å².